The van der Waals surface area contributed by atoms with E-state index in [1.165, 1.54) is 14.2 Å². The molecule has 0 aliphatic rings. The molecule has 0 atom stereocenters. The number of carbonyl (C=O) groups is 1. The first-order valence-electron chi connectivity index (χ1n) is 4.84. The van der Waals surface area contributed by atoms with Gasteiger partial charge in [-0.05, 0) is 12.1 Å². The van der Waals surface area contributed by atoms with Crippen LogP contribution in [0.15, 0.2) is 18.2 Å². The quantitative estimate of drug-likeness (QED) is 0.762. The van der Waals surface area contributed by atoms with E-state index < -0.39 is 0 Å². The van der Waals surface area contributed by atoms with Gasteiger partial charge >= 0.3 is 0 Å². The van der Waals surface area contributed by atoms with Crippen molar-refractivity contribution in [3.63, 3.8) is 0 Å². The highest BCUT2D eigenvalue weighted by molar-refractivity contribution is 5.99. The maximum Gasteiger partial charge on any atom is 0.258 e. The smallest absolute Gasteiger partial charge is 0.258 e. The number of rotatable bonds is 5. The Morgan fingerprint density at radius 2 is 1.88 bits per heavy atom. The lowest BCUT2D eigenvalue weighted by Gasteiger charge is -2.12. The third-order valence-corrected chi connectivity index (χ3v) is 2.05. The van der Waals surface area contributed by atoms with Crippen LogP contribution in [0.3, 0.4) is 0 Å². The molecule has 0 saturated heterocycles. The normalized spacial score (nSPS) is 9.69. The molecule has 0 bridgehead atoms. The van der Waals surface area contributed by atoms with Crippen LogP contribution >= 0.6 is 0 Å². The summed E-state index contributed by atoms with van der Waals surface area (Å²) in [6.07, 6.45) is 0. The van der Waals surface area contributed by atoms with Crippen molar-refractivity contribution >= 4 is 5.91 Å². The van der Waals surface area contributed by atoms with Gasteiger partial charge in [-0.3, -0.25) is 4.79 Å². The second-order valence-electron chi connectivity index (χ2n) is 3.02. The number of hydrogen-bond acceptors (Lipinski definition) is 4. The van der Waals surface area contributed by atoms with E-state index in [-0.39, 0.29) is 19.1 Å². The van der Waals surface area contributed by atoms with Crippen LogP contribution in [-0.4, -0.2) is 38.4 Å². The van der Waals surface area contributed by atoms with E-state index in [2.05, 4.69) is 5.32 Å². The van der Waals surface area contributed by atoms with Gasteiger partial charge in [0.05, 0.1) is 20.8 Å². The van der Waals surface area contributed by atoms with Gasteiger partial charge in [0.15, 0.2) is 0 Å². The standard InChI is InChI=1S/C11H15NO4/c1-15-8-4-3-5-9(16-2)10(8)11(14)12-6-7-13/h3-5,13H,6-7H2,1-2H3,(H,12,14). The Morgan fingerprint density at radius 3 is 2.31 bits per heavy atom. The average Bonchev–Trinajstić information content (AvgIpc) is 2.34. The van der Waals surface area contributed by atoms with Gasteiger partial charge in [-0.1, -0.05) is 6.07 Å². The molecule has 0 aromatic heterocycles. The highest BCUT2D eigenvalue weighted by atomic mass is 16.5. The van der Waals surface area contributed by atoms with Gasteiger partial charge < -0.3 is 19.9 Å². The molecule has 0 radical (unpaired) electrons. The van der Waals surface area contributed by atoms with Gasteiger partial charge in [-0.15, -0.1) is 0 Å². The maximum atomic E-state index is 11.8. The van der Waals surface area contributed by atoms with E-state index in [9.17, 15) is 4.79 Å². The number of aliphatic hydroxyl groups excluding tert-OH is 1. The van der Waals surface area contributed by atoms with E-state index in [4.69, 9.17) is 14.6 Å². The van der Waals surface area contributed by atoms with E-state index in [0.29, 0.717) is 17.1 Å². The molecular weight excluding hydrogens is 210 g/mol. The van der Waals surface area contributed by atoms with Gasteiger partial charge in [-0.2, -0.15) is 0 Å². The minimum atomic E-state index is -0.330. The third kappa shape index (κ3) is 2.64. The molecule has 1 amide bonds. The van der Waals surface area contributed by atoms with Crippen molar-refractivity contribution in [3.8, 4) is 11.5 Å². The molecule has 0 fully saturated rings. The highest BCUT2D eigenvalue weighted by Gasteiger charge is 2.17. The molecule has 0 spiro atoms. The molecule has 1 rings (SSSR count). The van der Waals surface area contributed by atoms with Crippen LogP contribution in [0.2, 0.25) is 0 Å². The van der Waals surface area contributed by atoms with E-state index in [0.717, 1.165) is 0 Å². The fraction of sp³-hybridized carbons (Fsp3) is 0.364. The zero-order valence-corrected chi connectivity index (χ0v) is 9.32. The number of aliphatic hydroxyl groups is 1. The molecule has 16 heavy (non-hydrogen) atoms. The minimum Gasteiger partial charge on any atom is -0.496 e. The molecule has 2 N–H and O–H groups in total. The number of carbonyl (C=O) groups excluding carboxylic acids is 1. The van der Waals surface area contributed by atoms with Crippen LogP contribution in [-0.2, 0) is 0 Å². The van der Waals surface area contributed by atoms with Crippen molar-refractivity contribution in [2.24, 2.45) is 0 Å². The zero-order chi connectivity index (χ0) is 12.0. The molecule has 1 aromatic rings. The van der Waals surface area contributed by atoms with Crippen LogP contribution in [0.4, 0.5) is 0 Å². The molecule has 0 heterocycles. The minimum absolute atomic E-state index is 0.108. The van der Waals surface area contributed by atoms with Crippen LogP contribution < -0.4 is 14.8 Å². The number of benzene rings is 1. The van der Waals surface area contributed by atoms with Crippen molar-refractivity contribution < 1.29 is 19.4 Å². The largest absolute Gasteiger partial charge is 0.496 e. The Labute approximate surface area is 94.0 Å². The molecule has 88 valence electrons. The Balaban J connectivity index is 3.03. The number of nitrogens with one attached hydrogen (secondary N) is 1. The Bertz CT molecular complexity index is 343. The molecule has 0 unspecified atom stereocenters. The first-order valence-corrected chi connectivity index (χ1v) is 4.84. The predicted octanol–water partition coefficient (Wildman–Crippen LogP) is 0.426. The summed E-state index contributed by atoms with van der Waals surface area (Å²) >= 11 is 0. The fourth-order valence-corrected chi connectivity index (χ4v) is 1.33. The van der Waals surface area contributed by atoms with Crippen LogP contribution in [0, 0.1) is 0 Å². The van der Waals surface area contributed by atoms with Crippen molar-refractivity contribution in [1.82, 2.24) is 5.32 Å². The van der Waals surface area contributed by atoms with Gasteiger partial charge in [0.1, 0.15) is 17.1 Å². The Hall–Kier alpha value is -1.75. The fourth-order valence-electron chi connectivity index (χ4n) is 1.33. The summed E-state index contributed by atoms with van der Waals surface area (Å²) in [6, 6.07) is 5.09. The topological polar surface area (TPSA) is 67.8 Å². The molecule has 1 aromatic carbocycles. The summed E-state index contributed by atoms with van der Waals surface area (Å²) in [6.45, 7) is 0.0865. The molecule has 0 aliphatic carbocycles. The van der Waals surface area contributed by atoms with Crippen molar-refractivity contribution in [1.29, 1.82) is 0 Å². The predicted molar refractivity (Wildman–Crippen MR) is 59.0 cm³/mol. The summed E-state index contributed by atoms with van der Waals surface area (Å²) in [7, 11) is 2.97. The lowest BCUT2D eigenvalue weighted by atomic mass is 10.1. The van der Waals surface area contributed by atoms with E-state index >= 15 is 0 Å². The summed E-state index contributed by atoms with van der Waals surface area (Å²) in [5.74, 6) is 0.549. The molecule has 0 aliphatic heterocycles. The molecule has 0 saturated carbocycles. The number of ether oxygens (including phenoxy) is 2. The lowest BCUT2D eigenvalue weighted by molar-refractivity contribution is 0.0938. The van der Waals surface area contributed by atoms with Crippen molar-refractivity contribution in [3.05, 3.63) is 23.8 Å². The summed E-state index contributed by atoms with van der Waals surface area (Å²) in [5.41, 5.74) is 0.334. The third-order valence-electron chi connectivity index (χ3n) is 2.05. The number of hydrogen-bond donors (Lipinski definition) is 2. The summed E-state index contributed by atoms with van der Waals surface area (Å²) < 4.78 is 10.2. The van der Waals surface area contributed by atoms with Crippen molar-refractivity contribution in [2.75, 3.05) is 27.4 Å². The highest BCUT2D eigenvalue weighted by Crippen LogP contribution is 2.27. The lowest BCUT2D eigenvalue weighted by Crippen LogP contribution is -2.27. The number of amides is 1. The second kappa shape index (κ2) is 5.97. The first kappa shape index (κ1) is 12.3. The van der Waals surface area contributed by atoms with Gasteiger partial charge in [0.2, 0.25) is 0 Å². The van der Waals surface area contributed by atoms with Gasteiger partial charge in [-0.25, -0.2) is 0 Å². The number of methoxy groups -OCH3 is 2. The Morgan fingerprint density at radius 1 is 1.31 bits per heavy atom. The molecule has 5 heteroatoms. The van der Waals surface area contributed by atoms with Crippen LogP contribution in [0.25, 0.3) is 0 Å². The first-order chi connectivity index (χ1) is 7.74. The molecule has 5 nitrogen and oxygen atoms in total. The second-order valence-corrected chi connectivity index (χ2v) is 3.02. The average molecular weight is 225 g/mol. The van der Waals surface area contributed by atoms with Crippen LogP contribution in [0.1, 0.15) is 10.4 Å². The summed E-state index contributed by atoms with van der Waals surface area (Å²) in [4.78, 5) is 11.8. The van der Waals surface area contributed by atoms with Crippen molar-refractivity contribution in [2.45, 2.75) is 0 Å². The van der Waals surface area contributed by atoms with E-state index in [1.807, 2.05) is 0 Å². The summed E-state index contributed by atoms with van der Waals surface area (Å²) in [5, 5.41) is 11.2. The SMILES string of the molecule is COc1cccc(OC)c1C(=O)NCCO. The molecular formula is C11H15NO4. The monoisotopic (exact) mass is 225 g/mol. The Kier molecular flexibility index (Phi) is 4.60. The van der Waals surface area contributed by atoms with Gasteiger partial charge in [0.25, 0.3) is 5.91 Å². The van der Waals surface area contributed by atoms with E-state index in [1.54, 1.807) is 18.2 Å². The maximum absolute atomic E-state index is 11.8. The van der Waals surface area contributed by atoms with Gasteiger partial charge in [0, 0.05) is 6.54 Å². The van der Waals surface area contributed by atoms with Crippen LogP contribution in [0.5, 0.6) is 11.5 Å². The zero-order valence-electron chi connectivity index (χ0n) is 9.32.